The molecule has 0 aromatic heterocycles. The summed E-state index contributed by atoms with van der Waals surface area (Å²) >= 11 is 0. The van der Waals surface area contributed by atoms with Gasteiger partial charge >= 0.3 is 24.1 Å². The Morgan fingerprint density at radius 1 is 0.840 bits per heavy atom. The molecule has 0 saturated carbocycles. The Morgan fingerprint density at radius 3 is 2.02 bits per heavy atom. The predicted octanol–water partition coefficient (Wildman–Crippen LogP) is 4.92. The van der Waals surface area contributed by atoms with Gasteiger partial charge in [-0.15, -0.1) is 0 Å². The lowest BCUT2D eigenvalue weighted by molar-refractivity contribution is -0.205. The van der Waals surface area contributed by atoms with Crippen molar-refractivity contribution in [3.05, 3.63) is 88.2 Å². The van der Waals surface area contributed by atoms with Crippen molar-refractivity contribution in [1.82, 2.24) is 5.32 Å². The first-order valence-electron chi connectivity index (χ1n) is 14.3. The number of ketones is 1. The summed E-state index contributed by atoms with van der Waals surface area (Å²) in [4.78, 5) is 63.9. The molecule has 0 aliphatic heterocycles. The number of amides is 1. The number of carbonyl (C=O) groups excluding carboxylic acids is 5. The number of hydrogen-bond acceptors (Lipinski definition) is 9. The second-order valence-corrected chi connectivity index (χ2v) is 11.1. The molecule has 0 bridgehead atoms. The zero-order chi connectivity index (χ0) is 37.3. The van der Waals surface area contributed by atoms with E-state index in [-0.39, 0.29) is 17.7 Å². The lowest BCUT2D eigenvalue weighted by Gasteiger charge is -2.37. The number of fused-ring (bicyclic) bond motifs is 1. The van der Waals surface area contributed by atoms with Crippen LogP contribution in [0.4, 0.5) is 35.1 Å². The maximum Gasteiger partial charge on any atom is 0.491 e. The lowest BCUT2D eigenvalue weighted by atomic mass is 9.67. The SMILES string of the molecule is C[C@H](N)C(=O)N[C@@H](C)C(=O)[C@]1(C(=O)OC(=O)C(F)(F)F)CCc2cccc(Oc3ccccc3C(=O)Oc3c(F)c(F)c(F)c(F)c3F)c2C1. The average molecular weight is 717 g/mol. The van der Waals surface area contributed by atoms with Gasteiger partial charge in [0.25, 0.3) is 0 Å². The first-order valence-corrected chi connectivity index (χ1v) is 14.3. The fourth-order valence-electron chi connectivity index (χ4n) is 5.09. The van der Waals surface area contributed by atoms with Gasteiger partial charge in [-0.3, -0.25) is 14.4 Å². The Balaban J connectivity index is 1.74. The van der Waals surface area contributed by atoms with E-state index in [9.17, 15) is 59.1 Å². The zero-order valence-electron chi connectivity index (χ0n) is 25.7. The van der Waals surface area contributed by atoms with Crippen LogP contribution in [0.3, 0.4) is 0 Å². The van der Waals surface area contributed by atoms with Crippen molar-refractivity contribution in [3.8, 4) is 17.2 Å². The molecule has 3 atom stereocenters. The number of alkyl halides is 3. The Hall–Kier alpha value is -5.39. The van der Waals surface area contributed by atoms with Gasteiger partial charge < -0.3 is 25.3 Å². The molecule has 266 valence electrons. The molecular formula is C32H24F8N2O8. The second kappa shape index (κ2) is 14.2. The number of benzene rings is 3. The summed E-state index contributed by atoms with van der Waals surface area (Å²) in [6.45, 7) is 2.41. The number of ether oxygens (including phenoxy) is 3. The Kier molecular flexibility index (Phi) is 10.6. The van der Waals surface area contributed by atoms with Crippen molar-refractivity contribution < 1.29 is 73.3 Å². The molecule has 1 amide bonds. The van der Waals surface area contributed by atoms with Crippen molar-refractivity contribution in [2.75, 3.05) is 0 Å². The minimum Gasteiger partial charge on any atom is -0.456 e. The number of nitrogens with one attached hydrogen (secondary N) is 1. The number of carbonyl (C=O) groups is 5. The van der Waals surface area contributed by atoms with Crippen LogP contribution in [-0.2, 0) is 36.8 Å². The summed E-state index contributed by atoms with van der Waals surface area (Å²) in [6.07, 6.45) is -7.05. The van der Waals surface area contributed by atoms with Crippen LogP contribution < -0.4 is 20.5 Å². The molecule has 3 N–H and O–H groups in total. The molecule has 0 spiro atoms. The van der Waals surface area contributed by atoms with E-state index in [1.165, 1.54) is 37.3 Å². The summed E-state index contributed by atoms with van der Waals surface area (Å²) < 4.78 is 123. The molecule has 1 aliphatic rings. The molecular weight excluding hydrogens is 692 g/mol. The molecule has 3 aromatic carbocycles. The number of para-hydroxylation sites is 1. The van der Waals surface area contributed by atoms with Gasteiger partial charge in [0.15, 0.2) is 5.78 Å². The van der Waals surface area contributed by atoms with E-state index in [0.717, 1.165) is 19.1 Å². The number of rotatable bonds is 9. The van der Waals surface area contributed by atoms with E-state index in [1.54, 1.807) is 0 Å². The highest BCUT2D eigenvalue weighted by Gasteiger charge is 2.54. The second-order valence-electron chi connectivity index (χ2n) is 11.1. The Morgan fingerprint density at radius 2 is 1.42 bits per heavy atom. The van der Waals surface area contributed by atoms with Gasteiger partial charge in [-0.05, 0) is 62.4 Å². The number of halogens is 8. The molecule has 0 unspecified atom stereocenters. The highest BCUT2D eigenvalue weighted by atomic mass is 19.4. The molecule has 4 rings (SSSR count). The first kappa shape index (κ1) is 37.4. The molecule has 50 heavy (non-hydrogen) atoms. The maximum absolute atomic E-state index is 14.2. The van der Waals surface area contributed by atoms with E-state index < -0.39 is 112 Å². The quantitative estimate of drug-likeness (QED) is 0.0786. The van der Waals surface area contributed by atoms with E-state index in [0.29, 0.717) is 5.56 Å². The number of esters is 3. The van der Waals surface area contributed by atoms with Gasteiger partial charge in [0.1, 0.15) is 22.5 Å². The fraction of sp³-hybridized carbons (Fsp3) is 0.281. The third-order valence-electron chi connectivity index (χ3n) is 7.67. The van der Waals surface area contributed by atoms with Crippen LogP contribution in [0, 0.1) is 34.5 Å². The summed E-state index contributed by atoms with van der Waals surface area (Å²) in [5, 5.41) is 2.24. The molecule has 3 aromatic rings. The smallest absolute Gasteiger partial charge is 0.456 e. The topological polar surface area (TPSA) is 151 Å². The van der Waals surface area contributed by atoms with Crippen LogP contribution in [0.2, 0.25) is 0 Å². The minimum absolute atomic E-state index is 0.00263. The predicted molar refractivity (Wildman–Crippen MR) is 152 cm³/mol. The van der Waals surface area contributed by atoms with Crippen molar-refractivity contribution in [2.45, 2.75) is 51.4 Å². The van der Waals surface area contributed by atoms with Gasteiger partial charge in [-0.25, -0.2) is 22.8 Å². The third-order valence-corrected chi connectivity index (χ3v) is 7.67. The number of nitrogens with two attached hydrogens (primary N) is 1. The molecule has 0 heterocycles. The standard InChI is InChI=1S/C32H24F8N2O8/c1-13(41)27(44)42-14(2)26(43)31(29(46)50-30(47)32(38,39)40)11-10-15-6-5-9-19(17(15)12-31)48-18-8-4-3-7-16(18)28(45)49-25-23(36)21(34)20(33)22(35)24(25)37/h3-9,13-14H,10-12,41H2,1-2H3,(H,42,44)/t13-,14-,31-/m0/s1. The highest BCUT2D eigenvalue weighted by molar-refractivity contribution is 6.10. The summed E-state index contributed by atoms with van der Waals surface area (Å²) in [5.74, 6) is -23.1. The molecule has 18 heteroatoms. The van der Waals surface area contributed by atoms with E-state index in [4.69, 9.17) is 10.5 Å². The molecule has 10 nitrogen and oxygen atoms in total. The van der Waals surface area contributed by atoms with E-state index in [2.05, 4.69) is 14.8 Å². The van der Waals surface area contributed by atoms with Crippen LogP contribution in [0.25, 0.3) is 0 Å². The largest absolute Gasteiger partial charge is 0.491 e. The number of aryl methyl sites for hydroxylation is 1. The van der Waals surface area contributed by atoms with Crippen LogP contribution in [0.15, 0.2) is 42.5 Å². The summed E-state index contributed by atoms with van der Waals surface area (Å²) in [7, 11) is 0. The van der Waals surface area contributed by atoms with Crippen molar-refractivity contribution in [3.63, 3.8) is 0 Å². The van der Waals surface area contributed by atoms with Crippen molar-refractivity contribution >= 4 is 29.6 Å². The summed E-state index contributed by atoms with van der Waals surface area (Å²) in [6, 6.07) is 6.16. The highest BCUT2D eigenvalue weighted by Crippen LogP contribution is 2.44. The minimum atomic E-state index is -5.62. The monoisotopic (exact) mass is 716 g/mol. The van der Waals surface area contributed by atoms with Gasteiger partial charge in [0.2, 0.25) is 40.7 Å². The van der Waals surface area contributed by atoms with Gasteiger partial charge in [-0.1, -0.05) is 24.3 Å². The third kappa shape index (κ3) is 7.29. The Labute approximate surface area is 276 Å². The van der Waals surface area contributed by atoms with Gasteiger partial charge in [0, 0.05) is 0 Å². The molecule has 0 saturated heterocycles. The fourth-order valence-corrected chi connectivity index (χ4v) is 5.09. The van der Waals surface area contributed by atoms with Crippen LogP contribution >= 0.6 is 0 Å². The lowest BCUT2D eigenvalue weighted by Crippen LogP contribution is -2.55. The maximum atomic E-state index is 14.2. The first-order chi connectivity index (χ1) is 23.3. The number of hydrogen-bond donors (Lipinski definition) is 2. The van der Waals surface area contributed by atoms with Crippen molar-refractivity contribution in [2.24, 2.45) is 11.1 Å². The summed E-state index contributed by atoms with van der Waals surface area (Å²) in [5.41, 5.74) is 2.77. The van der Waals surface area contributed by atoms with Crippen molar-refractivity contribution in [1.29, 1.82) is 0 Å². The molecule has 1 aliphatic carbocycles. The molecule has 0 radical (unpaired) electrons. The average Bonchev–Trinajstić information content (AvgIpc) is 3.07. The normalized spacial score (nSPS) is 16.8. The van der Waals surface area contributed by atoms with Gasteiger partial charge in [-0.2, -0.15) is 22.0 Å². The van der Waals surface area contributed by atoms with Crippen LogP contribution in [0.1, 0.15) is 41.8 Å². The van der Waals surface area contributed by atoms with E-state index in [1.807, 2.05) is 0 Å². The molecule has 0 fully saturated rings. The number of Topliss-reactive ketones (excluding diaryl/α,β-unsaturated/α-hetero) is 1. The van der Waals surface area contributed by atoms with Crippen LogP contribution in [-0.4, -0.2) is 47.9 Å². The Bertz CT molecular complexity index is 1870. The van der Waals surface area contributed by atoms with Crippen LogP contribution in [0.5, 0.6) is 17.2 Å². The zero-order valence-corrected chi connectivity index (χ0v) is 25.7. The van der Waals surface area contributed by atoms with E-state index >= 15 is 0 Å². The van der Waals surface area contributed by atoms with Gasteiger partial charge in [0.05, 0.1) is 12.1 Å².